The summed E-state index contributed by atoms with van der Waals surface area (Å²) in [6.07, 6.45) is 1.92. The second-order valence-corrected chi connectivity index (χ2v) is 6.91. The number of benzene rings is 1. The van der Waals surface area contributed by atoms with Crippen LogP contribution in [0.3, 0.4) is 0 Å². The second-order valence-electron chi connectivity index (χ2n) is 4.70. The molecule has 0 aliphatic rings. The lowest BCUT2D eigenvalue weighted by Crippen LogP contribution is -2.33. The molecule has 1 rings (SSSR count). The fraction of sp³-hybridized carbons (Fsp3) is 0.571. The maximum Gasteiger partial charge on any atom is 0.138 e. The molecule has 6 heteroatoms. The van der Waals surface area contributed by atoms with E-state index in [4.69, 9.17) is 16.3 Å². The van der Waals surface area contributed by atoms with Crippen LogP contribution in [-0.2, 0) is 10.8 Å². The number of aliphatic hydroxyl groups excluding tert-OH is 1. The van der Waals surface area contributed by atoms with Gasteiger partial charge in [0.2, 0.25) is 0 Å². The van der Waals surface area contributed by atoms with Crippen molar-refractivity contribution in [1.29, 1.82) is 0 Å². The number of aliphatic hydroxyl groups is 1. The lowest BCUT2D eigenvalue weighted by molar-refractivity contribution is 0.106. The molecule has 0 saturated carbocycles. The van der Waals surface area contributed by atoms with Crippen molar-refractivity contribution < 1.29 is 14.1 Å². The number of nitrogens with one attached hydrogen (secondary N) is 1. The van der Waals surface area contributed by atoms with E-state index in [1.165, 1.54) is 0 Å². The zero-order valence-corrected chi connectivity index (χ0v) is 13.4. The lowest BCUT2D eigenvalue weighted by atomic mass is 10.3. The molecule has 0 aromatic heterocycles. The van der Waals surface area contributed by atoms with Gasteiger partial charge in [-0.2, -0.15) is 0 Å². The average molecular weight is 320 g/mol. The first-order chi connectivity index (χ1) is 9.50. The van der Waals surface area contributed by atoms with Gasteiger partial charge < -0.3 is 15.2 Å². The van der Waals surface area contributed by atoms with Gasteiger partial charge in [-0.05, 0) is 25.1 Å². The first-order valence-electron chi connectivity index (χ1n) is 6.59. The van der Waals surface area contributed by atoms with E-state index in [1.54, 1.807) is 18.4 Å². The predicted molar refractivity (Wildman–Crippen MR) is 84.0 cm³/mol. The third kappa shape index (κ3) is 6.70. The Morgan fingerprint density at radius 1 is 1.45 bits per heavy atom. The molecule has 0 saturated heterocycles. The Morgan fingerprint density at radius 3 is 2.80 bits per heavy atom. The summed E-state index contributed by atoms with van der Waals surface area (Å²) in [6, 6.07) is 7.17. The topological polar surface area (TPSA) is 58.6 Å². The van der Waals surface area contributed by atoms with Crippen molar-refractivity contribution in [3.8, 4) is 5.75 Å². The Morgan fingerprint density at radius 2 is 2.15 bits per heavy atom. The standard InChI is InChI=1S/C14H22ClNO3S/c1-11(20(2)18)7-8-16-9-12(17)10-19-14-6-4-3-5-13(14)15/h3-6,11-12,16-17H,7-10H2,1-2H3. The van der Waals surface area contributed by atoms with Crippen LogP contribution in [0.4, 0.5) is 0 Å². The summed E-state index contributed by atoms with van der Waals surface area (Å²) >= 11 is 5.95. The second kappa shape index (κ2) is 9.34. The summed E-state index contributed by atoms with van der Waals surface area (Å²) in [4.78, 5) is 0. The summed E-state index contributed by atoms with van der Waals surface area (Å²) in [6.45, 7) is 3.30. The van der Waals surface area contributed by atoms with Crippen LogP contribution in [0, 0.1) is 0 Å². The SMILES string of the molecule is CC(CCNCC(O)COc1ccccc1Cl)S(C)=O. The van der Waals surface area contributed by atoms with Crippen molar-refractivity contribution in [2.24, 2.45) is 0 Å². The van der Waals surface area contributed by atoms with Gasteiger partial charge in [-0.25, -0.2) is 0 Å². The Bertz CT molecular complexity index is 431. The Kier molecular flexibility index (Phi) is 8.14. The third-order valence-corrected chi connectivity index (χ3v) is 4.62. The molecular weight excluding hydrogens is 298 g/mol. The van der Waals surface area contributed by atoms with E-state index in [1.807, 2.05) is 19.1 Å². The van der Waals surface area contributed by atoms with Crippen LogP contribution >= 0.6 is 11.6 Å². The minimum atomic E-state index is -0.797. The largest absolute Gasteiger partial charge is 0.489 e. The molecule has 0 radical (unpaired) electrons. The Hall–Kier alpha value is -0.620. The highest BCUT2D eigenvalue weighted by Crippen LogP contribution is 2.22. The van der Waals surface area contributed by atoms with Crippen molar-refractivity contribution in [1.82, 2.24) is 5.32 Å². The fourth-order valence-electron chi connectivity index (χ4n) is 1.55. The molecule has 3 atom stereocenters. The van der Waals surface area contributed by atoms with Crippen molar-refractivity contribution >= 4 is 22.4 Å². The maximum absolute atomic E-state index is 11.2. The molecule has 20 heavy (non-hydrogen) atoms. The summed E-state index contributed by atoms with van der Waals surface area (Å²) in [5.41, 5.74) is 0. The van der Waals surface area contributed by atoms with Crippen molar-refractivity contribution in [2.75, 3.05) is 26.0 Å². The number of para-hydroxylation sites is 1. The Balaban J connectivity index is 2.16. The minimum absolute atomic E-state index is 0.166. The zero-order chi connectivity index (χ0) is 15.0. The van der Waals surface area contributed by atoms with Crippen LogP contribution in [0.25, 0.3) is 0 Å². The first kappa shape index (κ1) is 17.4. The van der Waals surface area contributed by atoms with Crippen LogP contribution in [-0.4, -0.2) is 46.6 Å². The average Bonchev–Trinajstić information content (AvgIpc) is 2.42. The molecule has 0 amide bonds. The van der Waals surface area contributed by atoms with E-state index in [0.29, 0.717) is 17.3 Å². The minimum Gasteiger partial charge on any atom is -0.489 e. The van der Waals surface area contributed by atoms with Gasteiger partial charge in [-0.3, -0.25) is 4.21 Å². The highest BCUT2D eigenvalue weighted by atomic mass is 35.5. The summed E-state index contributed by atoms with van der Waals surface area (Å²) in [5.74, 6) is 0.572. The van der Waals surface area contributed by atoms with Gasteiger partial charge in [0.05, 0.1) is 5.02 Å². The highest BCUT2D eigenvalue weighted by Gasteiger charge is 2.08. The van der Waals surface area contributed by atoms with Crippen LogP contribution in [0.5, 0.6) is 5.75 Å². The molecule has 4 nitrogen and oxygen atoms in total. The van der Waals surface area contributed by atoms with E-state index in [9.17, 15) is 9.32 Å². The van der Waals surface area contributed by atoms with E-state index in [-0.39, 0.29) is 11.9 Å². The number of rotatable bonds is 9. The number of ether oxygens (including phenoxy) is 1. The predicted octanol–water partition coefficient (Wildman–Crippen LogP) is 1.83. The van der Waals surface area contributed by atoms with Crippen molar-refractivity contribution in [3.63, 3.8) is 0 Å². The summed E-state index contributed by atoms with van der Waals surface area (Å²) in [7, 11) is -0.797. The molecule has 0 bridgehead atoms. The molecule has 0 aliphatic heterocycles. The molecular formula is C14H22ClNO3S. The number of halogens is 1. The molecule has 2 N–H and O–H groups in total. The number of hydrogen-bond donors (Lipinski definition) is 2. The molecule has 3 unspecified atom stereocenters. The molecule has 0 spiro atoms. The van der Waals surface area contributed by atoms with E-state index in [2.05, 4.69) is 5.32 Å². The van der Waals surface area contributed by atoms with Crippen LogP contribution in [0.2, 0.25) is 5.02 Å². The monoisotopic (exact) mass is 319 g/mol. The summed E-state index contributed by atoms with van der Waals surface area (Å²) < 4.78 is 16.6. The van der Waals surface area contributed by atoms with Crippen LogP contribution in [0.15, 0.2) is 24.3 Å². The van der Waals surface area contributed by atoms with Gasteiger partial charge in [0.1, 0.15) is 18.5 Å². The summed E-state index contributed by atoms with van der Waals surface area (Å²) in [5, 5.41) is 13.6. The van der Waals surface area contributed by atoms with Gasteiger partial charge in [-0.1, -0.05) is 30.7 Å². The van der Waals surface area contributed by atoms with E-state index >= 15 is 0 Å². The van der Waals surface area contributed by atoms with E-state index in [0.717, 1.165) is 13.0 Å². The first-order valence-corrected chi connectivity index (χ1v) is 8.59. The number of hydrogen-bond acceptors (Lipinski definition) is 4. The fourth-order valence-corrected chi connectivity index (χ4v) is 2.19. The molecule has 1 aromatic rings. The Labute approximate surface area is 127 Å². The molecule has 0 heterocycles. The normalized spacial score (nSPS) is 15.6. The van der Waals surface area contributed by atoms with E-state index < -0.39 is 16.9 Å². The maximum atomic E-state index is 11.2. The molecule has 1 aromatic carbocycles. The lowest BCUT2D eigenvalue weighted by Gasteiger charge is -2.14. The highest BCUT2D eigenvalue weighted by molar-refractivity contribution is 7.84. The smallest absolute Gasteiger partial charge is 0.138 e. The third-order valence-electron chi connectivity index (χ3n) is 2.94. The van der Waals surface area contributed by atoms with Crippen LogP contribution in [0.1, 0.15) is 13.3 Å². The van der Waals surface area contributed by atoms with Gasteiger partial charge in [-0.15, -0.1) is 0 Å². The zero-order valence-electron chi connectivity index (χ0n) is 11.8. The van der Waals surface area contributed by atoms with Gasteiger partial charge in [0.15, 0.2) is 0 Å². The molecule has 0 aliphatic carbocycles. The molecule has 114 valence electrons. The quantitative estimate of drug-likeness (QED) is 0.682. The van der Waals surface area contributed by atoms with Crippen LogP contribution < -0.4 is 10.1 Å². The van der Waals surface area contributed by atoms with Crippen molar-refractivity contribution in [2.45, 2.75) is 24.7 Å². The van der Waals surface area contributed by atoms with Gasteiger partial charge in [0.25, 0.3) is 0 Å². The van der Waals surface area contributed by atoms with Crippen molar-refractivity contribution in [3.05, 3.63) is 29.3 Å². The van der Waals surface area contributed by atoms with Gasteiger partial charge >= 0.3 is 0 Å². The van der Waals surface area contributed by atoms with Gasteiger partial charge in [0, 0.05) is 28.9 Å². The molecule has 0 fully saturated rings.